The molecule has 0 saturated carbocycles. The van der Waals surface area contributed by atoms with Gasteiger partial charge in [-0.1, -0.05) is 17.9 Å². The molecule has 0 spiro atoms. The van der Waals surface area contributed by atoms with Crippen LogP contribution in [0.15, 0.2) is 85.7 Å². The molecule has 7 heteroatoms. The van der Waals surface area contributed by atoms with E-state index in [-0.39, 0.29) is 11.8 Å². The predicted octanol–water partition coefficient (Wildman–Crippen LogP) is 4.17. The highest BCUT2D eigenvalue weighted by Gasteiger charge is 2.07. The Morgan fingerprint density at radius 1 is 1.03 bits per heavy atom. The lowest BCUT2D eigenvalue weighted by Crippen LogP contribution is -2.30. The predicted molar refractivity (Wildman–Crippen MR) is 121 cm³/mol. The molecule has 2 N–H and O–H groups in total. The van der Waals surface area contributed by atoms with Crippen LogP contribution < -0.4 is 10.6 Å². The molecule has 0 fully saturated rings. The first-order valence-corrected chi connectivity index (χ1v) is 10.0. The lowest BCUT2D eigenvalue weighted by Gasteiger charge is -2.11. The molecule has 2 heterocycles. The van der Waals surface area contributed by atoms with Crippen molar-refractivity contribution in [2.45, 2.75) is 6.42 Å². The second-order valence-corrected chi connectivity index (χ2v) is 6.95. The summed E-state index contributed by atoms with van der Waals surface area (Å²) in [6, 6.07) is 15.0. The Morgan fingerprint density at radius 3 is 2.66 bits per heavy atom. The van der Waals surface area contributed by atoms with Gasteiger partial charge < -0.3 is 15.2 Å². The van der Waals surface area contributed by atoms with Gasteiger partial charge in [0, 0.05) is 42.6 Å². The Balaban J connectivity index is 1.49. The maximum atomic E-state index is 13.2. The van der Waals surface area contributed by atoms with E-state index in [1.165, 1.54) is 12.1 Å². The van der Waals surface area contributed by atoms with Crippen LogP contribution in [0.2, 0.25) is 0 Å². The first-order valence-electron chi connectivity index (χ1n) is 10.0. The molecule has 158 valence electrons. The topological polar surface area (TPSA) is 71.8 Å². The van der Waals surface area contributed by atoms with Crippen LogP contribution in [0.1, 0.15) is 16.7 Å². The third kappa shape index (κ3) is 5.58. The molecule has 32 heavy (non-hydrogen) atoms. The first-order chi connectivity index (χ1) is 15.7. The van der Waals surface area contributed by atoms with E-state index in [9.17, 15) is 9.18 Å². The number of hydrogen-bond acceptors (Lipinski definition) is 3. The summed E-state index contributed by atoms with van der Waals surface area (Å²) in [5.74, 6) is 5.84. The zero-order valence-electron chi connectivity index (χ0n) is 17.1. The van der Waals surface area contributed by atoms with Gasteiger partial charge in [0.1, 0.15) is 5.82 Å². The van der Waals surface area contributed by atoms with Crippen molar-refractivity contribution in [3.8, 4) is 17.5 Å². The molecular formula is C25H20FN5O. The van der Waals surface area contributed by atoms with E-state index in [2.05, 4.69) is 32.4 Å². The summed E-state index contributed by atoms with van der Waals surface area (Å²) in [5.41, 5.74) is 3.86. The fraction of sp³-hybridized carbons (Fsp3) is 0.0800. The van der Waals surface area contributed by atoms with Crippen molar-refractivity contribution in [2.24, 2.45) is 0 Å². The lowest BCUT2D eigenvalue weighted by molar-refractivity contribution is 0.252. The first kappa shape index (κ1) is 20.8. The molecule has 0 aliphatic heterocycles. The second-order valence-electron chi connectivity index (χ2n) is 6.95. The van der Waals surface area contributed by atoms with Gasteiger partial charge in [0.25, 0.3) is 0 Å². The molecule has 0 atom stereocenters. The number of halogens is 1. The number of amides is 2. The van der Waals surface area contributed by atoms with Gasteiger partial charge in [0.15, 0.2) is 0 Å². The van der Waals surface area contributed by atoms with Crippen LogP contribution in [-0.4, -0.2) is 27.1 Å². The van der Waals surface area contributed by atoms with Crippen LogP contribution in [0.25, 0.3) is 5.69 Å². The maximum absolute atomic E-state index is 13.2. The minimum atomic E-state index is -0.310. The Kier molecular flexibility index (Phi) is 6.54. The molecule has 0 radical (unpaired) electrons. The monoisotopic (exact) mass is 425 g/mol. The van der Waals surface area contributed by atoms with Crippen molar-refractivity contribution in [2.75, 3.05) is 11.9 Å². The molecule has 0 aliphatic carbocycles. The van der Waals surface area contributed by atoms with Crippen molar-refractivity contribution >= 4 is 11.7 Å². The Bertz CT molecular complexity index is 1240. The van der Waals surface area contributed by atoms with Crippen molar-refractivity contribution in [3.05, 3.63) is 108 Å². The third-order valence-electron chi connectivity index (χ3n) is 4.64. The number of carbonyl (C=O) groups is 1. The Hall–Kier alpha value is -4.44. The van der Waals surface area contributed by atoms with Crippen LogP contribution >= 0.6 is 0 Å². The minimum Gasteiger partial charge on any atom is -0.338 e. The molecule has 0 aliphatic rings. The quantitative estimate of drug-likeness (QED) is 0.472. The summed E-state index contributed by atoms with van der Waals surface area (Å²) in [6.45, 7) is 0.488. The number of imidazole rings is 1. The molecule has 2 aromatic heterocycles. The molecule has 0 unspecified atom stereocenters. The molecule has 4 aromatic rings. The number of hydrogen-bond donors (Lipinski definition) is 2. The summed E-state index contributed by atoms with van der Waals surface area (Å²) >= 11 is 0. The van der Waals surface area contributed by atoms with Crippen molar-refractivity contribution in [1.29, 1.82) is 0 Å². The van der Waals surface area contributed by atoms with E-state index in [1.807, 2.05) is 29.0 Å². The summed E-state index contributed by atoms with van der Waals surface area (Å²) in [5, 5.41) is 5.68. The van der Waals surface area contributed by atoms with Crippen LogP contribution in [-0.2, 0) is 6.42 Å². The molecule has 6 nitrogen and oxygen atoms in total. The number of rotatable bonds is 5. The third-order valence-corrected chi connectivity index (χ3v) is 4.64. The highest BCUT2D eigenvalue weighted by atomic mass is 19.1. The van der Waals surface area contributed by atoms with E-state index in [4.69, 9.17) is 0 Å². The number of aromatic nitrogens is 3. The van der Waals surface area contributed by atoms with Gasteiger partial charge in [-0.05, 0) is 60.5 Å². The van der Waals surface area contributed by atoms with Crippen molar-refractivity contribution < 1.29 is 9.18 Å². The van der Waals surface area contributed by atoms with E-state index in [0.29, 0.717) is 29.8 Å². The standard InChI is InChI=1S/C25H20FN5O/c26-22-7-4-19(5-8-22)3-6-21-16-23(9-10-24(21)31-15-14-28-18-31)30-25(32)29-13-11-20-2-1-12-27-17-20/h1-2,4-5,7-10,12,14-18H,11,13H2,(H2,29,30,32). The average Bonchev–Trinajstić information content (AvgIpc) is 3.34. The molecule has 0 saturated heterocycles. The lowest BCUT2D eigenvalue weighted by atomic mass is 10.1. The average molecular weight is 425 g/mol. The van der Waals surface area contributed by atoms with Gasteiger partial charge in [-0.25, -0.2) is 14.2 Å². The van der Waals surface area contributed by atoms with Crippen LogP contribution in [0.3, 0.4) is 0 Å². The van der Waals surface area contributed by atoms with Gasteiger partial charge >= 0.3 is 6.03 Å². The smallest absolute Gasteiger partial charge is 0.319 e. The zero-order chi connectivity index (χ0) is 22.2. The SMILES string of the molecule is O=C(NCCc1cccnc1)Nc1ccc(-n2ccnc2)c(C#Cc2ccc(F)cc2)c1. The summed E-state index contributed by atoms with van der Waals surface area (Å²) in [6.07, 6.45) is 9.36. The highest BCUT2D eigenvalue weighted by Crippen LogP contribution is 2.19. The van der Waals surface area contributed by atoms with Crippen molar-refractivity contribution in [3.63, 3.8) is 0 Å². The number of anilines is 1. The van der Waals surface area contributed by atoms with E-state index < -0.39 is 0 Å². The maximum Gasteiger partial charge on any atom is 0.319 e. The second kappa shape index (κ2) is 10.0. The number of nitrogens with zero attached hydrogens (tertiary/aromatic N) is 3. The molecular weight excluding hydrogens is 405 g/mol. The molecule has 0 bridgehead atoms. The Morgan fingerprint density at radius 2 is 1.91 bits per heavy atom. The summed E-state index contributed by atoms with van der Waals surface area (Å²) in [7, 11) is 0. The number of urea groups is 1. The number of pyridine rings is 1. The normalized spacial score (nSPS) is 10.2. The number of benzene rings is 2. The van der Waals surface area contributed by atoms with E-state index in [0.717, 1.165) is 11.3 Å². The van der Waals surface area contributed by atoms with Gasteiger partial charge in [-0.15, -0.1) is 0 Å². The largest absolute Gasteiger partial charge is 0.338 e. The number of carbonyl (C=O) groups excluding carboxylic acids is 1. The zero-order valence-corrected chi connectivity index (χ0v) is 17.1. The Labute approximate surface area is 185 Å². The van der Waals surface area contributed by atoms with Crippen LogP contribution in [0, 0.1) is 17.7 Å². The van der Waals surface area contributed by atoms with Crippen LogP contribution in [0.5, 0.6) is 0 Å². The highest BCUT2D eigenvalue weighted by molar-refractivity contribution is 5.89. The summed E-state index contributed by atoms with van der Waals surface area (Å²) in [4.78, 5) is 20.5. The van der Waals surface area contributed by atoms with Gasteiger partial charge in [-0.3, -0.25) is 4.98 Å². The number of nitrogens with one attached hydrogen (secondary N) is 2. The summed E-state index contributed by atoms with van der Waals surface area (Å²) < 4.78 is 15.0. The van der Waals surface area contributed by atoms with Crippen molar-refractivity contribution in [1.82, 2.24) is 19.9 Å². The van der Waals surface area contributed by atoms with E-state index >= 15 is 0 Å². The van der Waals surface area contributed by atoms with E-state index in [1.54, 1.807) is 49.2 Å². The van der Waals surface area contributed by atoms with Crippen LogP contribution in [0.4, 0.5) is 14.9 Å². The molecule has 2 amide bonds. The fourth-order valence-electron chi connectivity index (χ4n) is 3.06. The minimum absolute atomic E-state index is 0.304. The van der Waals surface area contributed by atoms with Gasteiger partial charge in [-0.2, -0.15) is 0 Å². The fourth-order valence-corrected chi connectivity index (χ4v) is 3.06. The van der Waals surface area contributed by atoms with Gasteiger partial charge in [0.2, 0.25) is 0 Å². The molecule has 2 aromatic carbocycles. The van der Waals surface area contributed by atoms with Gasteiger partial charge in [0.05, 0.1) is 17.6 Å². The molecule has 4 rings (SSSR count).